The van der Waals surface area contributed by atoms with Gasteiger partial charge >= 0.3 is 5.97 Å². The third kappa shape index (κ3) is 3.72. The van der Waals surface area contributed by atoms with Crippen LogP contribution in [0.5, 0.6) is 0 Å². The molecule has 0 unspecified atom stereocenters. The molecule has 3 nitrogen and oxygen atoms in total. The second-order valence-corrected chi connectivity index (χ2v) is 5.13. The molecule has 0 radical (unpaired) electrons. The maximum Gasteiger partial charge on any atom is 0.328 e. The molecule has 0 heterocycles. The van der Waals surface area contributed by atoms with E-state index in [1.807, 2.05) is 44.3 Å². The van der Waals surface area contributed by atoms with Gasteiger partial charge in [0.25, 0.3) is 0 Å². The zero-order valence-corrected chi connectivity index (χ0v) is 12.5. The number of aryl methyl sites for hydroxylation is 2. The van der Waals surface area contributed by atoms with Crippen molar-refractivity contribution in [1.82, 2.24) is 0 Å². The SMILES string of the molecule is Cc1cccc(N(C)c2ccc(C)cc2/C=C/C(=O)O)c1. The molecule has 0 aliphatic carbocycles. The molecule has 0 aromatic heterocycles. The van der Waals surface area contributed by atoms with Gasteiger partial charge in [0.05, 0.1) is 0 Å². The van der Waals surface area contributed by atoms with Gasteiger partial charge in [-0.2, -0.15) is 0 Å². The molecule has 2 rings (SSSR count). The molecule has 0 saturated carbocycles. The number of carboxylic acids is 1. The minimum absolute atomic E-state index is 0.890. The smallest absolute Gasteiger partial charge is 0.328 e. The normalized spacial score (nSPS) is 10.8. The summed E-state index contributed by atoms with van der Waals surface area (Å²) >= 11 is 0. The Morgan fingerprint density at radius 1 is 1.10 bits per heavy atom. The Kier molecular flexibility index (Phi) is 4.43. The van der Waals surface area contributed by atoms with Gasteiger partial charge in [-0.25, -0.2) is 4.79 Å². The van der Waals surface area contributed by atoms with Crippen molar-refractivity contribution in [1.29, 1.82) is 0 Å². The van der Waals surface area contributed by atoms with Gasteiger partial charge in [0, 0.05) is 24.5 Å². The van der Waals surface area contributed by atoms with Crippen molar-refractivity contribution in [3.05, 3.63) is 65.2 Å². The van der Waals surface area contributed by atoms with Crippen molar-refractivity contribution in [3.63, 3.8) is 0 Å². The van der Waals surface area contributed by atoms with Crippen LogP contribution in [-0.2, 0) is 4.79 Å². The fourth-order valence-electron chi connectivity index (χ4n) is 2.25. The quantitative estimate of drug-likeness (QED) is 0.855. The molecule has 0 saturated heterocycles. The van der Waals surface area contributed by atoms with E-state index in [4.69, 9.17) is 5.11 Å². The Bertz CT molecular complexity index is 689. The number of hydrogen-bond acceptors (Lipinski definition) is 2. The first-order valence-electron chi connectivity index (χ1n) is 6.79. The summed E-state index contributed by atoms with van der Waals surface area (Å²) in [6, 6.07) is 14.2. The van der Waals surface area contributed by atoms with Gasteiger partial charge in [-0.1, -0.05) is 23.8 Å². The van der Waals surface area contributed by atoms with Crippen LogP contribution < -0.4 is 4.90 Å². The molecule has 0 fully saturated rings. The molecule has 2 aromatic rings. The number of anilines is 2. The van der Waals surface area contributed by atoms with Crippen molar-refractivity contribution < 1.29 is 9.90 Å². The van der Waals surface area contributed by atoms with Crippen LogP contribution >= 0.6 is 0 Å². The second kappa shape index (κ2) is 6.27. The van der Waals surface area contributed by atoms with E-state index in [9.17, 15) is 4.79 Å². The van der Waals surface area contributed by atoms with E-state index in [0.29, 0.717) is 0 Å². The summed E-state index contributed by atoms with van der Waals surface area (Å²) in [6.07, 6.45) is 2.80. The van der Waals surface area contributed by atoms with Gasteiger partial charge in [0.15, 0.2) is 0 Å². The van der Waals surface area contributed by atoms with E-state index in [0.717, 1.165) is 22.5 Å². The second-order valence-electron chi connectivity index (χ2n) is 5.13. The molecule has 3 heteroatoms. The molecular weight excluding hydrogens is 262 g/mol. The minimum atomic E-state index is -0.944. The van der Waals surface area contributed by atoms with Crippen LogP contribution in [0.3, 0.4) is 0 Å². The average molecular weight is 281 g/mol. The van der Waals surface area contributed by atoms with Gasteiger partial charge < -0.3 is 10.0 Å². The van der Waals surface area contributed by atoms with Crippen molar-refractivity contribution in [3.8, 4) is 0 Å². The van der Waals surface area contributed by atoms with E-state index >= 15 is 0 Å². The largest absolute Gasteiger partial charge is 0.478 e. The van der Waals surface area contributed by atoms with Gasteiger partial charge in [-0.05, 0) is 55.3 Å². The number of rotatable bonds is 4. The molecule has 108 valence electrons. The van der Waals surface area contributed by atoms with Crippen LogP contribution in [0.1, 0.15) is 16.7 Å². The molecular formula is C18H19NO2. The van der Waals surface area contributed by atoms with Crippen LogP contribution in [0.15, 0.2) is 48.5 Å². The summed E-state index contributed by atoms with van der Waals surface area (Å²) in [6.45, 7) is 4.05. The third-order valence-electron chi connectivity index (χ3n) is 3.34. The first-order valence-corrected chi connectivity index (χ1v) is 6.79. The lowest BCUT2D eigenvalue weighted by Crippen LogP contribution is -2.11. The van der Waals surface area contributed by atoms with Crippen LogP contribution in [0.4, 0.5) is 11.4 Å². The van der Waals surface area contributed by atoms with Crippen molar-refractivity contribution in [2.45, 2.75) is 13.8 Å². The first-order chi connectivity index (χ1) is 9.97. The van der Waals surface area contributed by atoms with Crippen LogP contribution in [-0.4, -0.2) is 18.1 Å². The molecule has 0 aliphatic heterocycles. The summed E-state index contributed by atoms with van der Waals surface area (Å²) in [7, 11) is 1.98. The molecule has 0 aliphatic rings. The summed E-state index contributed by atoms with van der Waals surface area (Å²) in [5, 5.41) is 8.83. The minimum Gasteiger partial charge on any atom is -0.478 e. The number of nitrogens with zero attached hydrogens (tertiary/aromatic N) is 1. The van der Waals surface area contributed by atoms with E-state index in [1.54, 1.807) is 6.08 Å². The Balaban J connectivity index is 2.45. The maximum atomic E-state index is 10.8. The average Bonchev–Trinajstić information content (AvgIpc) is 2.44. The predicted octanol–water partition coefficient (Wildman–Crippen LogP) is 4.17. The Morgan fingerprint density at radius 2 is 1.81 bits per heavy atom. The van der Waals surface area contributed by atoms with Crippen LogP contribution in [0, 0.1) is 13.8 Å². The molecule has 0 bridgehead atoms. The Labute approximate surface area is 125 Å². The topological polar surface area (TPSA) is 40.5 Å². The van der Waals surface area contributed by atoms with Gasteiger partial charge in [-0.15, -0.1) is 0 Å². The van der Waals surface area contributed by atoms with Crippen molar-refractivity contribution >= 4 is 23.4 Å². The predicted molar refractivity (Wildman–Crippen MR) is 87.1 cm³/mol. The Morgan fingerprint density at radius 3 is 2.48 bits per heavy atom. The monoisotopic (exact) mass is 281 g/mol. The maximum absolute atomic E-state index is 10.8. The summed E-state index contributed by atoms with van der Waals surface area (Å²) in [5.74, 6) is -0.944. The number of carbonyl (C=O) groups is 1. The highest BCUT2D eigenvalue weighted by Gasteiger charge is 2.08. The van der Waals surface area contributed by atoms with E-state index < -0.39 is 5.97 Å². The van der Waals surface area contributed by atoms with Gasteiger partial charge in [-0.3, -0.25) is 0 Å². The number of benzene rings is 2. The standard InChI is InChI=1S/C18H19NO2/c1-13-5-4-6-16(12-13)19(3)17-9-7-14(2)11-15(17)8-10-18(20)21/h4-12H,1-3H3,(H,20,21)/b10-8+. The summed E-state index contributed by atoms with van der Waals surface area (Å²) in [5.41, 5.74) is 5.23. The van der Waals surface area contributed by atoms with Crippen molar-refractivity contribution in [2.75, 3.05) is 11.9 Å². The highest BCUT2D eigenvalue weighted by Crippen LogP contribution is 2.29. The molecule has 21 heavy (non-hydrogen) atoms. The molecule has 0 spiro atoms. The fraction of sp³-hybridized carbons (Fsp3) is 0.167. The number of hydrogen-bond donors (Lipinski definition) is 1. The van der Waals surface area contributed by atoms with E-state index in [2.05, 4.69) is 24.0 Å². The lowest BCUT2D eigenvalue weighted by Gasteiger charge is -2.22. The van der Waals surface area contributed by atoms with E-state index in [-0.39, 0.29) is 0 Å². The van der Waals surface area contributed by atoms with Crippen LogP contribution in [0.25, 0.3) is 6.08 Å². The van der Waals surface area contributed by atoms with Gasteiger partial charge in [0.1, 0.15) is 0 Å². The fourth-order valence-corrected chi connectivity index (χ4v) is 2.25. The molecule has 0 atom stereocenters. The summed E-state index contributed by atoms with van der Waals surface area (Å²) < 4.78 is 0. The zero-order chi connectivity index (χ0) is 15.4. The Hall–Kier alpha value is -2.55. The first kappa shape index (κ1) is 14.9. The lowest BCUT2D eigenvalue weighted by molar-refractivity contribution is -0.131. The van der Waals surface area contributed by atoms with Crippen LogP contribution in [0.2, 0.25) is 0 Å². The van der Waals surface area contributed by atoms with E-state index in [1.165, 1.54) is 11.6 Å². The molecule has 2 aromatic carbocycles. The summed E-state index contributed by atoms with van der Waals surface area (Å²) in [4.78, 5) is 12.8. The molecule has 1 N–H and O–H groups in total. The zero-order valence-electron chi connectivity index (χ0n) is 12.5. The highest BCUT2D eigenvalue weighted by atomic mass is 16.4. The number of carboxylic acid groups (broad SMARTS) is 1. The van der Waals surface area contributed by atoms with Crippen molar-refractivity contribution in [2.24, 2.45) is 0 Å². The lowest BCUT2D eigenvalue weighted by atomic mass is 10.1. The molecule has 0 amide bonds. The number of aliphatic carboxylic acids is 1. The van der Waals surface area contributed by atoms with Gasteiger partial charge in [0.2, 0.25) is 0 Å². The third-order valence-corrected chi connectivity index (χ3v) is 3.34. The highest BCUT2D eigenvalue weighted by molar-refractivity contribution is 5.87.